The summed E-state index contributed by atoms with van der Waals surface area (Å²) in [5.41, 5.74) is 1.16. The minimum Gasteiger partial charge on any atom is -0.459 e. The van der Waals surface area contributed by atoms with Crippen LogP contribution in [0.5, 0.6) is 0 Å². The Morgan fingerprint density at radius 1 is 0.667 bits per heavy atom. The van der Waals surface area contributed by atoms with E-state index in [-0.39, 0.29) is 24.1 Å². The number of ether oxygens (including phenoxy) is 2. The SMILES string of the molecule is CCCCC(CCCC)C(CCCC(C)OC(=O)c1ccccc1)OC(=O)c1ccccc1. The number of carbonyl (C=O) groups is 2. The fourth-order valence-corrected chi connectivity index (χ4v) is 4.11. The summed E-state index contributed by atoms with van der Waals surface area (Å²) < 4.78 is 11.7. The molecule has 0 aliphatic carbocycles. The molecule has 2 atom stereocenters. The molecule has 0 aromatic heterocycles. The lowest BCUT2D eigenvalue weighted by molar-refractivity contribution is 0.00474. The summed E-state index contributed by atoms with van der Waals surface area (Å²) in [5.74, 6) is -0.180. The molecule has 2 aromatic carbocycles. The second-order valence-corrected chi connectivity index (χ2v) is 8.87. The average Bonchev–Trinajstić information content (AvgIpc) is 2.84. The first kappa shape index (κ1) is 26.6. The van der Waals surface area contributed by atoms with Crippen molar-refractivity contribution < 1.29 is 19.1 Å². The van der Waals surface area contributed by atoms with Gasteiger partial charge in [0.1, 0.15) is 6.10 Å². The highest BCUT2D eigenvalue weighted by Gasteiger charge is 2.25. The maximum Gasteiger partial charge on any atom is 0.338 e. The van der Waals surface area contributed by atoms with Gasteiger partial charge in [-0.15, -0.1) is 0 Å². The Morgan fingerprint density at radius 2 is 1.15 bits per heavy atom. The predicted octanol–water partition coefficient (Wildman–Crippen LogP) is 7.62. The highest BCUT2D eigenvalue weighted by atomic mass is 16.5. The summed E-state index contributed by atoms with van der Waals surface area (Å²) in [6.07, 6.45) is 8.74. The van der Waals surface area contributed by atoms with Gasteiger partial charge >= 0.3 is 11.9 Å². The van der Waals surface area contributed by atoms with Crippen LogP contribution >= 0.6 is 0 Å². The van der Waals surface area contributed by atoms with Gasteiger partial charge in [0.15, 0.2) is 0 Å². The summed E-state index contributed by atoms with van der Waals surface area (Å²) in [6, 6.07) is 18.3. The van der Waals surface area contributed by atoms with Crippen LogP contribution in [-0.2, 0) is 9.47 Å². The lowest BCUT2D eigenvalue weighted by Gasteiger charge is -2.28. The zero-order valence-corrected chi connectivity index (χ0v) is 20.5. The largest absolute Gasteiger partial charge is 0.459 e. The third-order valence-corrected chi connectivity index (χ3v) is 6.07. The molecule has 4 heteroatoms. The van der Waals surface area contributed by atoms with Gasteiger partial charge in [0.2, 0.25) is 0 Å². The summed E-state index contributed by atoms with van der Waals surface area (Å²) in [4.78, 5) is 25.1. The Hall–Kier alpha value is -2.62. The van der Waals surface area contributed by atoms with Gasteiger partial charge in [-0.1, -0.05) is 75.9 Å². The Kier molecular flexibility index (Phi) is 12.3. The number of benzene rings is 2. The molecular formula is C29H40O4. The second kappa shape index (κ2) is 15.3. The molecule has 0 fully saturated rings. The van der Waals surface area contributed by atoms with Crippen LogP contribution in [-0.4, -0.2) is 24.1 Å². The van der Waals surface area contributed by atoms with Gasteiger partial charge in [-0.2, -0.15) is 0 Å². The molecule has 33 heavy (non-hydrogen) atoms. The van der Waals surface area contributed by atoms with Crippen LogP contribution in [0.3, 0.4) is 0 Å². The molecule has 0 aliphatic rings. The molecule has 0 radical (unpaired) electrons. The first-order chi connectivity index (χ1) is 16.0. The highest BCUT2D eigenvalue weighted by molar-refractivity contribution is 5.89. The number of carbonyl (C=O) groups excluding carboxylic acids is 2. The number of rotatable bonds is 15. The maximum atomic E-state index is 12.8. The Balaban J connectivity index is 1.97. The van der Waals surface area contributed by atoms with Crippen molar-refractivity contribution in [2.45, 2.75) is 90.8 Å². The van der Waals surface area contributed by atoms with Crippen LogP contribution in [0.25, 0.3) is 0 Å². The van der Waals surface area contributed by atoms with Crippen molar-refractivity contribution in [3.05, 3.63) is 71.8 Å². The molecule has 0 spiro atoms. The molecular weight excluding hydrogens is 412 g/mol. The number of unbranched alkanes of at least 4 members (excludes halogenated alkanes) is 2. The molecule has 2 aromatic rings. The van der Waals surface area contributed by atoms with E-state index in [9.17, 15) is 9.59 Å². The van der Waals surface area contributed by atoms with Crippen LogP contribution in [0.4, 0.5) is 0 Å². The zero-order chi connectivity index (χ0) is 23.9. The molecule has 2 rings (SSSR count). The predicted molar refractivity (Wildman–Crippen MR) is 133 cm³/mol. The average molecular weight is 453 g/mol. The third-order valence-electron chi connectivity index (χ3n) is 6.07. The van der Waals surface area contributed by atoms with Crippen molar-refractivity contribution >= 4 is 11.9 Å². The Bertz CT molecular complexity index is 795. The van der Waals surface area contributed by atoms with Gasteiger partial charge in [-0.3, -0.25) is 0 Å². The number of hydrogen-bond donors (Lipinski definition) is 0. The smallest absolute Gasteiger partial charge is 0.338 e. The molecule has 0 N–H and O–H groups in total. The number of hydrogen-bond acceptors (Lipinski definition) is 4. The summed E-state index contributed by atoms with van der Waals surface area (Å²) in [7, 11) is 0. The van der Waals surface area contributed by atoms with E-state index in [2.05, 4.69) is 13.8 Å². The molecule has 4 nitrogen and oxygen atoms in total. The molecule has 180 valence electrons. The van der Waals surface area contributed by atoms with E-state index in [0.717, 1.165) is 57.8 Å². The topological polar surface area (TPSA) is 52.6 Å². The van der Waals surface area contributed by atoms with Gasteiger partial charge < -0.3 is 9.47 Å². The van der Waals surface area contributed by atoms with Crippen molar-refractivity contribution in [2.75, 3.05) is 0 Å². The molecule has 0 saturated carbocycles. The third kappa shape index (κ3) is 9.81. The van der Waals surface area contributed by atoms with Gasteiger partial charge in [-0.25, -0.2) is 9.59 Å². The summed E-state index contributed by atoms with van der Waals surface area (Å²) >= 11 is 0. The van der Waals surface area contributed by atoms with Gasteiger partial charge in [-0.05, 0) is 69.2 Å². The van der Waals surface area contributed by atoms with Gasteiger partial charge in [0.05, 0.1) is 17.2 Å². The second-order valence-electron chi connectivity index (χ2n) is 8.87. The van der Waals surface area contributed by atoms with Crippen molar-refractivity contribution in [3.8, 4) is 0 Å². The van der Waals surface area contributed by atoms with Crippen molar-refractivity contribution in [2.24, 2.45) is 5.92 Å². The van der Waals surface area contributed by atoms with Gasteiger partial charge in [0, 0.05) is 0 Å². The summed E-state index contributed by atoms with van der Waals surface area (Å²) in [6.45, 7) is 6.33. The van der Waals surface area contributed by atoms with E-state index in [1.54, 1.807) is 24.3 Å². The minimum atomic E-state index is -0.293. The van der Waals surface area contributed by atoms with E-state index in [1.165, 1.54) is 0 Å². The maximum absolute atomic E-state index is 12.8. The van der Waals surface area contributed by atoms with E-state index >= 15 is 0 Å². The molecule has 0 saturated heterocycles. The molecule has 0 bridgehead atoms. The van der Waals surface area contributed by atoms with Crippen LogP contribution in [0.15, 0.2) is 60.7 Å². The molecule has 0 heterocycles. The van der Waals surface area contributed by atoms with E-state index in [0.29, 0.717) is 17.0 Å². The molecule has 2 unspecified atom stereocenters. The fraction of sp³-hybridized carbons (Fsp3) is 0.517. The van der Waals surface area contributed by atoms with Crippen molar-refractivity contribution in [1.29, 1.82) is 0 Å². The fourth-order valence-electron chi connectivity index (χ4n) is 4.11. The van der Waals surface area contributed by atoms with Crippen molar-refractivity contribution in [3.63, 3.8) is 0 Å². The van der Waals surface area contributed by atoms with E-state index in [1.807, 2.05) is 43.3 Å². The van der Waals surface area contributed by atoms with Crippen LogP contribution in [0.1, 0.15) is 99.3 Å². The standard InChI is InChI=1S/C29H40O4/c1-4-6-16-24(17-7-5-2)27(33-29(31)26-20-12-9-13-21-26)22-14-15-23(3)32-28(30)25-18-10-8-11-19-25/h8-13,18-21,23-24,27H,4-7,14-17,22H2,1-3H3. The Labute approximate surface area is 199 Å². The lowest BCUT2D eigenvalue weighted by atomic mass is 9.87. The lowest BCUT2D eigenvalue weighted by Crippen LogP contribution is -2.28. The van der Waals surface area contributed by atoms with E-state index in [4.69, 9.17) is 9.47 Å². The van der Waals surface area contributed by atoms with E-state index < -0.39 is 0 Å². The quantitative estimate of drug-likeness (QED) is 0.261. The van der Waals surface area contributed by atoms with Crippen LogP contribution in [0, 0.1) is 5.92 Å². The van der Waals surface area contributed by atoms with Crippen molar-refractivity contribution in [1.82, 2.24) is 0 Å². The first-order valence-electron chi connectivity index (χ1n) is 12.6. The Morgan fingerprint density at radius 3 is 1.64 bits per heavy atom. The molecule has 0 aliphatic heterocycles. The monoisotopic (exact) mass is 452 g/mol. The highest BCUT2D eigenvalue weighted by Crippen LogP contribution is 2.27. The zero-order valence-electron chi connectivity index (χ0n) is 20.5. The summed E-state index contributed by atoms with van der Waals surface area (Å²) in [5, 5.41) is 0. The first-order valence-corrected chi connectivity index (χ1v) is 12.6. The van der Waals surface area contributed by atoms with Gasteiger partial charge in [0.25, 0.3) is 0 Å². The van der Waals surface area contributed by atoms with Crippen LogP contribution in [0.2, 0.25) is 0 Å². The number of esters is 2. The minimum absolute atomic E-state index is 0.118. The molecule has 0 amide bonds. The normalized spacial score (nSPS) is 12.8. The van der Waals surface area contributed by atoms with Crippen LogP contribution < -0.4 is 0 Å².